The lowest BCUT2D eigenvalue weighted by molar-refractivity contribution is -0.191. The van der Waals surface area contributed by atoms with E-state index in [-0.39, 0.29) is 24.8 Å². The Morgan fingerprint density at radius 3 is 2.18 bits per heavy atom. The third kappa shape index (κ3) is 3.76. The van der Waals surface area contributed by atoms with Crippen LogP contribution in [0.1, 0.15) is 39.1 Å². The molecule has 0 radical (unpaired) electrons. The van der Waals surface area contributed by atoms with Crippen LogP contribution in [0, 0.1) is 0 Å². The highest BCUT2D eigenvalue weighted by Crippen LogP contribution is 2.28. The summed E-state index contributed by atoms with van der Waals surface area (Å²) >= 11 is 0. The number of aromatic nitrogens is 1. The molecule has 1 aromatic heterocycles. The molecule has 9 nitrogen and oxygen atoms in total. The summed E-state index contributed by atoms with van der Waals surface area (Å²) in [6, 6.07) is 14.4. The second kappa shape index (κ2) is 8.18. The summed E-state index contributed by atoms with van der Waals surface area (Å²) in [5.41, 5.74) is 2.58. The van der Waals surface area contributed by atoms with Crippen LogP contribution in [0.15, 0.2) is 54.7 Å². The number of carbonyl (C=O) groups excluding carboxylic acids is 4. The van der Waals surface area contributed by atoms with E-state index in [0.717, 1.165) is 16.5 Å². The lowest BCUT2D eigenvalue weighted by Gasteiger charge is -2.26. The Labute approximate surface area is 188 Å². The van der Waals surface area contributed by atoms with Crippen LogP contribution in [0.4, 0.5) is 0 Å². The number of unbranched alkanes of at least 4 members (excludes halogenated alkanes) is 1. The molecule has 168 valence electrons. The normalized spacial score (nSPS) is 16.9. The lowest BCUT2D eigenvalue weighted by Crippen LogP contribution is -2.49. The molecular formula is C24H21N3O6. The van der Waals surface area contributed by atoms with Crippen molar-refractivity contribution >= 4 is 34.7 Å². The minimum Gasteiger partial charge on any atom is -0.400 e. The Morgan fingerprint density at radius 1 is 0.848 bits per heavy atom. The molecule has 1 fully saturated rings. The first-order valence-corrected chi connectivity index (χ1v) is 10.7. The van der Waals surface area contributed by atoms with E-state index >= 15 is 0 Å². The maximum Gasteiger partial charge on any atom is 0.421 e. The van der Waals surface area contributed by atoms with E-state index in [1.165, 1.54) is 4.90 Å². The predicted molar refractivity (Wildman–Crippen MR) is 116 cm³/mol. The van der Waals surface area contributed by atoms with Crippen LogP contribution >= 0.6 is 0 Å². The molecule has 0 atom stereocenters. The van der Waals surface area contributed by atoms with Crippen molar-refractivity contribution in [2.24, 2.45) is 0 Å². The van der Waals surface area contributed by atoms with Crippen LogP contribution in [0.2, 0.25) is 0 Å². The van der Waals surface area contributed by atoms with Gasteiger partial charge in [0.05, 0.1) is 17.5 Å². The van der Waals surface area contributed by atoms with E-state index in [9.17, 15) is 19.2 Å². The lowest BCUT2D eigenvalue weighted by atomic mass is 10.1. The smallest absolute Gasteiger partial charge is 0.400 e. The van der Waals surface area contributed by atoms with Crippen LogP contribution in [0.5, 0.6) is 0 Å². The van der Waals surface area contributed by atoms with Gasteiger partial charge in [0, 0.05) is 30.2 Å². The molecular weight excluding hydrogens is 426 g/mol. The summed E-state index contributed by atoms with van der Waals surface area (Å²) in [4.78, 5) is 52.9. The standard InChI is InChI=1S/C24H21N3O6/c28-20-17-8-1-2-9-18(17)21(29)27(20)12-6-5-11-26-24(32-22(30)23(31)33-24)13-15-14-25-19-10-4-3-7-16(15)19/h1-4,7-10,14,25-26H,5-6,11-13H2. The molecule has 5 rings (SSSR count). The number of para-hydroxylation sites is 1. The highest BCUT2D eigenvalue weighted by Gasteiger charge is 2.48. The molecule has 0 spiro atoms. The van der Waals surface area contributed by atoms with Crippen molar-refractivity contribution < 1.29 is 28.7 Å². The SMILES string of the molecule is O=C1OC(Cc2c[nH]c3ccccc23)(NCCCCN2C(=O)c3ccccc3C2=O)OC1=O. The number of hydrogen-bond acceptors (Lipinski definition) is 7. The minimum absolute atomic E-state index is 0.132. The first-order chi connectivity index (χ1) is 16.0. The average Bonchev–Trinajstić information content (AvgIpc) is 3.42. The van der Waals surface area contributed by atoms with E-state index in [1.807, 2.05) is 24.3 Å². The summed E-state index contributed by atoms with van der Waals surface area (Å²) in [7, 11) is 0. The van der Waals surface area contributed by atoms with Gasteiger partial charge < -0.3 is 14.5 Å². The monoisotopic (exact) mass is 447 g/mol. The van der Waals surface area contributed by atoms with E-state index in [2.05, 4.69) is 10.3 Å². The minimum atomic E-state index is -1.60. The van der Waals surface area contributed by atoms with Gasteiger partial charge in [0.2, 0.25) is 0 Å². The second-order valence-electron chi connectivity index (χ2n) is 8.01. The fourth-order valence-corrected chi connectivity index (χ4v) is 4.26. The summed E-state index contributed by atoms with van der Waals surface area (Å²) in [5.74, 6) is -4.29. The first-order valence-electron chi connectivity index (χ1n) is 10.7. The Hall–Kier alpha value is -3.98. The van der Waals surface area contributed by atoms with Crippen LogP contribution < -0.4 is 5.32 Å². The van der Waals surface area contributed by atoms with Crippen LogP contribution in [-0.2, 0) is 25.5 Å². The van der Waals surface area contributed by atoms with Gasteiger partial charge in [0.1, 0.15) is 0 Å². The van der Waals surface area contributed by atoms with E-state index < -0.39 is 17.8 Å². The number of nitrogens with zero attached hydrogens (tertiary/aromatic N) is 1. The molecule has 0 aliphatic carbocycles. The number of hydrogen-bond donors (Lipinski definition) is 2. The fraction of sp³-hybridized carbons (Fsp3) is 0.250. The Bertz CT molecular complexity index is 1230. The summed E-state index contributed by atoms with van der Waals surface area (Å²) in [6.07, 6.45) is 3.00. The second-order valence-corrected chi connectivity index (χ2v) is 8.01. The van der Waals surface area contributed by atoms with Gasteiger partial charge in [-0.25, -0.2) is 14.9 Å². The van der Waals surface area contributed by atoms with E-state index in [0.29, 0.717) is 30.5 Å². The van der Waals surface area contributed by atoms with Gasteiger partial charge in [0.25, 0.3) is 11.8 Å². The topological polar surface area (TPSA) is 118 Å². The fourth-order valence-electron chi connectivity index (χ4n) is 4.26. The highest BCUT2D eigenvalue weighted by atomic mass is 16.8. The van der Waals surface area contributed by atoms with E-state index in [1.54, 1.807) is 30.5 Å². The maximum atomic E-state index is 12.5. The number of rotatable bonds is 8. The molecule has 2 aliphatic rings. The number of H-pyrrole nitrogens is 1. The summed E-state index contributed by atoms with van der Waals surface area (Å²) in [5, 5.41) is 3.97. The van der Waals surface area contributed by atoms with Gasteiger partial charge in [-0.15, -0.1) is 0 Å². The average molecular weight is 447 g/mol. The first kappa shape index (κ1) is 20.9. The number of cyclic esters (lactones) is 2. The Morgan fingerprint density at radius 2 is 1.48 bits per heavy atom. The molecule has 0 saturated carbocycles. The molecule has 3 heterocycles. The molecule has 2 amide bonds. The van der Waals surface area contributed by atoms with Crippen molar-refractivity contribution in [1.82, 2.24) is 15.2 Å². The van der Waals surface area contributed by atoms with Crippen molar-refractivity contribution in [2.45, 2.75) is 25.2 Å². The number of benzene rings is 2. The van der Waals surface area contributed by atoms with Crippen LogP contribution in [-0.4, -0.2) is 52.6 Å². The molecule has 2 aliphatic heterocycles. The number of aromatic amines is 1. The number of ether oxygens (including phenoxy) is 2. The molecule has 33 heavy (non-hydrogen) atoms. The van der Waals surface area contributed by atoms with Crippen molar-refractivity contribution in [2.75, 3.05) is 13.1 Å². The van der Waals surface area contributed by atoms with Crippen molar-refractivity contribution in [3.63, 3.8) is 0 Å². The van der Waals surface area contributed by atoms with Crippen molar-refractivity contribution in [3.8, 4) is 0 Å². The number of amides is 2. The van der Waals surface area contributed by atoms with Gasteiger partial charge in [0.15, 0.2) is 0 Å². The van der Waals surface area contributed by atoms with Crippen molar-refractivity contribution in [3.05, 3.63) is 71.4 Å². The Balaban J connectivity index is 1.21. The van der Waals surface area contributed by atoms with E-state index in [4.69, 9.17) is 9.47 Å². The van der Waals surface area contributed by atoms with Gasteiger partial charge in [-0.05, 0) is 36.6 Å². The van der Waals surface area contributed by atoms with Gasteiger partial charge in [-0.3, -0.25) is 14.5 Å². The summed E-state index contributed by atoms with van der Waals surface area (Å²) < 4.78 is 10.6. The van der Waals surface area contributed by atoms with Crippen LogP contribution in [0.25, 0.3) is 10.9 Å². The predicted octanol–water partition coefficient (Wildman–Crippen LogP) is 2.13. The molecule has 0 bridgehead atoms. The number of imide groups is 1. The van der Waals surface area contributed by atoms with Gasteiger partial charge in [-0.2, -0.15) is 0 Å². The Kier molecular flexibility index (Phi) is 5.18. The van der Waals surface area contributed by atoms with Gasteiger partial charge >= 0.3 is 17.8 Å². The zero-order chi connectivity index (χ0) is 23.0. The third-order valence-electron chi connectivity index (χ3n) is 5.86. The third-order valence-corrected chi connectivity index (χ3v) is 5.86. The quantitative estimate of drug-likeness (QED) is 0.235. The number of fused-ring (bicyclic) bond motifs is 2. The number of nitrogens with one attached hydrogen (secondary N) is 2. The molecule has 2 N–H and O–H groups in total. The van der Waals surface area contributed by atoms with Crippen molar-refractivity contribution in [1.29, 1.82) is 0 Å². The maximum absolute atomic E-state index is 12.5. The molecule has 3 aromatic rings. The highest BCUT2D eigenvalue weighted by molar-refractivity contribution is 6.31. The van der Waals surface area contributed by atoms with Crippen LogP contribution in [0.3, 0.4) is 0 Å². The molecule has 9 heteroatoms. The molecule has 1 saturated heterocycles. The van der Waals surface area contributed by atoms with Gasteiger partial charge in [-0.1, -0.05) is 30.3 Å². The largest absolute Gasteiger partial charge is 0.421 e. The number of esters is 2. The zero-order valence-corrected chi connectivity index (χ0v) is 17.6. The number of carbonyl (C=O) groups is 4. The summed E-state index contributed by atoms with van der Waals surface area (Å²) in [6.45, 7) is 0.606. The molecule has 0 unspecified atom stereocenters. The molecule has 2 aromatic carbocycles. The zero-order valence-electron chi connectivity index (χ0n) is 17.6.